The van der Waals surface area contributed by atoms with E-state index in [-0.39, 0.29) is 10.6 Å². The molecule has 0 saturated carbocycles. The predicted molar refractivity (Wildman–Crippen MR) is 133 cm³/mol. The van der Waals surface area contributed by atoms with Crippen molar-refractivity contribution in [3.8, 4) is 27.6 Å². The van der Waals surface area contributed by atoms with Crippen LogP contribution in [0.1, 0.15) is 0 Å². The number of rotatable bonds is 6. The van der Waals surface area contributed by atoms with E-state index >= 15 is 0 Å². The van der Waals surface area contributed by atoms with Crippen LogP contribution < -0.4 is 5.56 Å². The van der Waals surface area contributed by atoms with Gasteiger partial charge in [0, 0.05) is 16.5 Å². The Morgan fingerprint density at radius 2 is 1.49 bits per heavy atom. The first-order valence-electron chi connectivity index (χ1n) is 10.3. The Hall–Kier alpha value is -4.19. The molecule has 0 unspecified atom stereocenters. The molecule has 2 aromatic heterocycles. The zero-order chi connectivity index (χ0) is 24.4. The van der Waals surface area contributed by atoms with Crippen molar-refractivity contribution in [2.45, 2.75) is 4.90 Å². The summed E-state index contributed by atoms with van der Waals surface area (Å²) in [4.78, 5) is 17.7. The average Bonchev–Trinajstić information content (AvgIpc) is 3.48. The lowest BCUT2D eigenvalue weighted by Crippen LogP contribution is -2.13. The van der Waals surface area contributed by atoms with Crippen molar-refractivity contribution >= 4 is 32.8 Å². The number of nitrogens with zero attached hydrogens (tertiary/aromatic N) is 4. The van der Waals surface area contributed by atoms with E-state index < -0.39 is 15.7 Å². The third kappa shape index (κ3) is 4.73. The topological polar surface area (TPSA) is 130 Å². The molecular formula is C24H17N5O4S2. The van der Waals surface area contributed by atoms with Crippen LogP contribution in [0.5, 0.6) is 0 Å². The number of hydrogen-bond acceptors (Lipinski definition) is 7. The first-order valence-corrected chi connectivity index (χ1v) is 12.6. The number of aromatic nitrogens is 3. The maximum Gasteiger partial charge on any atom is 0.301 e. The van der Waals surface area contributed by atoms with E-state index in [4.69, 9.17) is 4.55 Å². The third-order valence-corrected chi connectivity index (χ3v) is 6.78. The summed E-state index contributed by atoms with van der Waals surface area (Å²) in [7, 11) is -4.32. The van der Waals surface area contributed by atoms with Gasteiger partial charge in [0.15, 0.2) is 5.69 Å². The van der Waals surface area contributed by atoms with Gasteiger partial charge >= 0.3 is 5.56 Å². The fourth-order valence-electron chi connectivity index (χ4n) is 3.36. The predicted octanol–water partition coefficient (Wildman–Crippen LogP) is 5.62. The molecule has 9 nitrogen and oxygen atoms in total. The fraction of sp³-hybridized carbons (Fsp3) is 0. The monoisotopic (exact) mass is 503 g/mol. The van der Waals surface area contributed by atoms with Gasteiger partial charge in [-0.15, -0.1) is 16.5 Å². The van der Waals surface area contributed by atoms with E-state index in [1.54, 1.807) is 0 Å². The molecule has 2 heterocycles. The van der Waals surface area contributed by atoms with Crippen molar-refractivity contribution in [3.05, 3.63) is 101 Å². The number of azo groups is 1. The van der Waals surface area contributed by atoms with Gasteiger partial charge in [-0.05, 0) is 24.3 Å². The van der Waals surface area contributed by atoms with E-state index in [2.05, 4.69) is 20.3 Å². The van der Waals surface area contributed by atoms with Crippen molar-refractivity contribution in [1.82, 2.24) is 14.8 Å². The van der Waals surface area contributed by atoms with Gasteiger partial charge in [-0.2, -0.15) is 18.2 Å². The third-order valence-electron chi connectivity index (χ3n) is 5.08. The SMILES string of the molecule is O=c1c(N=Nc2ccc(S(=O)(=O)O)cc2)c(-c2ccccc2)[nH]n1-c1nc(-c2ccccc2)cs1. The summed E-state index contributed by atoms with van der Waals surface area (Å²) in [5, 5.41) is 13.7. The van der Waals surface area contributed by atoms with Gasteiger partial charge in [-0.1, -0.05) is 60.7 Å². The van der Waals surface area contributed by atoms with E-state index in [0.717, 1.165) is 16.8 Å². The minimum Gasteiger partial charge on any atom is -0.286 e. The van der Waals surface area contributed by atoms with Gasteiger partial charge in [0.2, 0.25) is 5.13 Å². The highest BCUT2D eigenvalue weighted by atomic mass is 32.2. The number of benzene rings is 3. The molecule has 0 fully saturated rings. The molecule has 174 valence electrons. The highest BCUT2D eigenvalue weighted by molar-refractivity contribution is 7.85. The Labute approximate surface area is 203 Å². The smallest absolute Gasteiger partial charge is 0.286 e. The Morgan fingerprint density at radius 1 is 0.857 bits per heavy atom. The van der Waals surface area contributed by atoms with Crippen molar-refractivity contribution in [2.75, 3.05) is 0 Å². The fourth-order valence-corrected chi connectivity index (χ4v) is 4.63. The number of nitrogens with one attached hydrogen (secondary N) is 1. The second kappa shape index (κ2) is 9.22. The van der Waals surface area contributed by atoms with Crippen LogP contribution in [0.15, 0.2) is 110 Å². The molecule has 5 rings (SSSR count). The largest absolute Gasteiger partial charge is 0.301 e. The van der Waals surface area contributed by atoms with Crippen LogP contribution in [0.3, 0.4) is 0 Å². The Balaban J connectivity index is 1.57. The second-order valence-corrected chi connectivity index (χ2v) is 9.65. The van der Waals surface area contributed by atoms with Gasteiger partial charge in [-0.25, -0.2) is 4.98 Å². The molecule has 0 amide bonds. The van der Waals surface area contributed by atoms with Crippen LogP contribution in [0.4, 0.5) is 11.4 Å². The molecule has 0 bridgehead atoms. The molecule has 5 aromatic rings. The lowest BCUT2D eigenvalue weighted by Gasteiger charge is -1.99. The zero-order valence-corrected chi connectivity index (χ0v) is 19.6. The summed E-state index contributed by atoms with van der Waals surface area (Å²) in [5.74, 6) is 0. The minimum atomic E-state index is -4.32. The quantitative estimate of drug-likeness (QED) is 0.229. The van der Waals surface area contributed by atoms with Crippen LogP contribution in [0.25, 0.3) is 27.6 Å². The molecule has 0 atom stereocenters. The number of H-pyrrole nitrogens is 1. The molecule has 0 aliphatic heterocycles. The molecule has 0 aliphatic rings. The van der Waals surface area contributed by atoms with Gasteiger partial charge in [-0.3, -0.25) is 14.4 Å². The van der Waals surface area contributed by atoms with Gasteiger partial charge in [0.05, 0.1) is 22.0 Å². The first kappa shape index (κ1) is 22.6. The number of aromatic amines is 1. The Bertz CT molecular complexity index is 1670. The summed E-state index contributed by atoms with van der Waals surface area (Å²) >= 11 is 1.31. The number of thiazole rings is 1. The summed E-state index contributed by atoms with van der Waals surface area (Å²) < 4.78 is 33.0. The van der Waals surface area contributed by atoms with Crippen LogP contribution in [0, 0.1) is 0 Å². The normalized spacial score (nSPS) is 11.8. The van der Waals surface area contributed by atoms with Crippen molar-refractivity contribution < 1.29 is 13.0 Å². The molecule has 0 radical (unpaired) electrons. The first-order chi connectivity index (χ1) is 16.9. The standard InChI is InChI=1S/C24H17N5O4S2/c30-23-22(27-26-18-11-13-19(14-12-18)35(31,32)33)21(17-9-5-2-6-10-17)28-29(23)24-25-20(15-34-24)16-7-3-1-4-8-16/h1-15,28H,(H,31,32,33). The van der Waals surface area contributed by atoms with Gasteiger partial charge in [0.1, 0.15) is 0 Å². The van der Waals surface area contributed by atoms with Crippen LogP contribution in [-0.2, 0) is 10.1 Å². The van der Waals surface area contributed by atoms with Gasteiger partial charge < -0.3 is 0 Å². The molecule has 0 saturated heterocycles. The molecule has 0 aliphatic carbocycles. The van der Waals surface area contributed by atoms with Crippen LogP contribution in [0.2, 0.25) is 0 Å². The summed E-state index contributed by atoms with van der Waals surface area (Å²) in [6.07, 6.45) is 0. The van der Waals surface area contributed by atoms with Crippen molar-refractivity contribution in [2.24, 2.45) is 10.2 Å². The van der Waals surface area contributed by atoms with E-state index in [9.17, 15) is 13.2 Å². The lowest BCUT2D eigenvalue weighted by molar-refractivity contribution is 0.483. The van der Waals surface area contributed by atoms with Crippen molar-refractivity contribution in [1.29, 1.82) is 0 Å². The molecule has 11 heteroatoms. The maximum atomic E-state index is 13.3. The average molecular weight is 504 g/mol. The van der Waals surface area contributed by atoms with E-state index in [1.165, 1.54) is 40.3 Å². The zero-order valence-electron chi connectivity index (χ0n) is 17.9. The number of hydrogen-bond donors (Lipinski definition) is 2. The summed E-state index contributed by atoms with van der Waals surface area (Å²) in [5.41, 5.74) is 2.83. The Morgan fingerprint density at radius 3 is 2.11 bits per heavy atom. The molecular weight excluding hydrogens is 486 g/mol. The summed E-state index contributed by atoms with van der Waals surface area (Å²) in [6, 6.07) is 24.1. The van der Waals surface area contributed by atoms with E-state index in [0.29, 0.717) is 16.5 Å². The lowest BCUT2D eigenvalue weighted by atomic mass is 10.1. The molecule has 2 N–H and O–H groups in total. The minimum absolute atomic E-state index is 0.0755. The molecule has 35 heavy (non-hydrogen) atoms. The Kier molecular flexibility index (Phi) is 5.95. The maximum absolute atomic E-state index is 13.3. The highest BCUT2D eigenvalue weighted by Gasteiger charge is 2.19. The summed E-state index contributed by atoms with van der Waals surface area (Å²) in [6.45, 7) is 0. The molecule has 3 aromatic carbocycles. The van der Waals surface area contributed by atoms with Gasteiger partial charge in [0.25, 0.3) is 10.1 Å². The highest BCUT2D eigenvalue weighted by Crippen LogP contribution is 2.30. The van der Waals surface area contributed by atoms with Crippen LogP contribution >= 0.6 is 11.3 Å². The second-order valence-electron chi connectivity index (χ2n) is 7.39. The van der Waals surface area contributed by atoms with Crippen molar-refractivity contribution in [3.63, 3.8) is 0 Å². The molecule has 0 spiro atoms. The van der Waals surface area contributed by atoms with E-state index in [1.807, 2.05) is 66.0 Å². The van der Waals surface area contributed by atoms with Crippen LogP contribution in [-0.4, -0.2) is 27.7 Å².